The largest absolute Gasteiger partial charge is 0.314 e. The number of hydrogen-bond acceptors (Lipinski definition) is 1. The highest BCUT2D eigenvalue weighted by atomic mass is 14.9. The molecule has 2 rings (SSSR count). The summed E-state index contributed by atoms with van der Waals surface area (Å²) in [6.07, 6.45) is 17.6. The average molecular weight is 280 g/mol. The fourth-order valence-corrected chi connectivity index (χ4v) is 4.58. The number of hydrogen-bond donors (Lipinski definition) is 1. The zero-order chi connectivity index (χ0) is 14.2. The van der Waals surface area contributed by atoms with E-state index >= 15 is 0 Å². The summed E-state index contributed by atoms with van der Waals surface area (Å²) < 4.78 is 0. The smallest absolute Gasteiger partial charge is 0.00980 e. The van der Waals surface area contributed by atoms with Gasteiger partial charge in [-0.1, -0.05) is 65.2 Å². The molecule has 2 fully saturated rings. The predicted molar refractivity (Wildman–Crippen MR) is 89.0 cm³/mol. The van der Waals surface area contributed by atoms with E-state index in [1.165, 1.54) is 83.6 Å². The topological polar surface area (TPSA) is 12.0 Å². The van der Waals surface area contributed by atoms with Crippen molar-refractivity contribution >= 4 is 0 Å². The molecule has 0 saturated heterocycles. The summed E-state index contributed by atoms with van der Waals surface area (Å²) in [6.45, 7) is 6.00. The molecule has 0 bridgehead atoms. The Hall–Kier alpha value is -0.0400. The minimum absolute atomic E-state index is 0.820. The molecule has 2 saturated carbocycles. The van der Waals surface area contributed by atoms with Gasteiger partial charge in [0, 0.05) is 6.04 Å². The van der Waals surface area contributed by atoms with E-state index in [0.29, 0.717) is 0 Å². The van der Waals surface area contributed by atoms with Gasteiger partial charge in [0.15, 0.2) is 0 Å². The summed E-state index contributed by atoms with van der Waals surface area (Å²) in [5, 5.41) is 3.93. The molecule has 0 spiro atoms. The standard InChI is InChI=1S/C19H37N/c1-3-13-20-19(18-12-8-9-16(2)14-18)15-17-10-6-4-5-7-11-17/h16-20H,3-15H2,1-2H3. The molecule has 0 radical (unpaired) electrons. The van der Waals surface area contributed by atoms with Gasteiger partial charge in [0.05, 0.1) is 0 Å². The van der Waals surface area contributed by atoms with Gasteiger partial charge in [-0.05, 0) is 50.0 Å². The normalized spacial score (nSPS) is 30.9. The first-order valence-corrected chi connectivity index (χ1v) is 9.53. The van der Waals surface area contributed by atoms with Gasteiger partial charge in [-0.2, -0.15) is 0 Å². The highest BCUT2D eigenvalue weighted by Gasteiger charge is 2.28. The van der Waals surface area contributed by atoms with Crippen LogP contribution in [0.3, 0.4) is 0 Å². The van der Waals surface area contributed by atoms with Crippen LogP contribution in [0.25, 0.3) is 0 Å². The minimum Gasteiger partial charge on any atom is -0.314 e. The van der Waals surface area contributed by atoms with E-state index in [9.17, 15) is 0 Å². The van der Waals surface area contributed by atoms with Gasteiger partial charge in [0.1, 0.15) is 0 Å². The van der Waals surface area contributed by atoms with Crippen LogP contribution >= 0.6 is 0 Å². The lowest BCUT2D eigenvalue weighted by Gasteiger charge is -2.36. The van der Waals surface area contributed by atoms with Crippen LogP contribution in [0.4, 0.5) is 0 Å². The van der Waals surface area contributed by atoms with Crippen molar-refractivity contribution < 1.29 is 0 Å². The van der Waals surface area contributed by atoms with E-state index in [0.717, 1.165) is 23.8 Å². The van der Waals surface area contributed by atoms with Gasteiger partial charge in [-0.15, -0.1) is 0 Å². The van der Waals surface area contributed by atoms with Crippen molar-refractivity contribution in [2.45, 2.75) is 96.9 Å². The first kappa shape index (κ1) is 16.3. The Labute approximate surface area is 127 Å². The molecule has 20 heavy (non-hydrogen) atoms. The summed E-state index contributed by atoms with van der Waals surface area (Å²) in [7, 11) is 0. The van der Waals surface area contributed by atoms with Crippen LogP contribution in [0.2, 0.25) is 0 Å². The van der Waals surface area contributed by atoms with E-state index in [-0.39, 0.29) is 0 Å². The zero-order valence-electron chi connectivity index (χ0n) is 14.0. The van der Waals surface area contributed by atoms with Crippen LogP contribution in [0.1, 0.15) is 90.9 Å². The third-order valence-corrected chi connectivity index (χ3v) is 5.76. The second-order valence-electron chi connectivity index (χ2n) is 7.69. The minimum atomic E-state index is 0.820. The van der Waals surface area contributed by atoms with Crippen molar-refractivity contribution in [2.24, 2.45) is 17.8 Å². The maximum atomic E-state index is 3.93. The Morgan fingerprint density at radius 2 is 1.70 bits per heavy atom. The Kier molecular flexibility index (Phi) is 7.41. The Morgan fingerprint density at radius 1 is 0.950 bits per heavy atom. The molecule has 1 N–H and O–H groups in total. The maximum absolute atomic E-state index is 3.93. The van der Waals surface area contributed by atoms with Crippen LogP contribution < -0.4 is 5.32 Å². The van der Waals surface area contributed by atoms with Gasteiger partial charge < -0.3 is 5.32 Å². The van der Waals surface area contributed by atoms with Gasteiger partial charge in [-0.25, -0.2) is 0 Å². The van der Waals surface area contributed by atoms with Gasteiger partial charge >= 0.3 is 0 Å². The van der Waals surface area contributed by atoms with Crippen LogP contribution in [-0.4, -0.2) is 12.6 Å². The second kappa shape index (κ2) is 9.07. The lowest BCUT2D eigenvalue weighted by atomic mass is 9.75. The van der Waals surface area contributed by atoms with Crippen LogP contribution in [-0.2, 0) is 0 Å². The number of rotatable bonds is 6. The average Bonchev–Trinajstić information content (AvgIpc) is 2.72. The molecule has 2 aliphatic rings. The Balaban J connectivity index is 1.87. The quantitative estimate of drug-likeness (QED) is 0.629. The highest BCUT2D eigenvalue weighted by molar-refractivity contribution is 4.84. The van der Waals surface area contributed by atoms with Gasteiger partial charge in [0.2, 0.25) is 0 Å². The molecule has 0 amide bonds. The summed E-state index contributed by atoms with van der Waals surface area (Å²) >= 11 is 0. The molecule has 1 nitrogen and oxygen atoms in total. The van der Waals surface area contributed by atoms with Crippen molar-refractivity contribution in [3.05, 3.63) is 0 Å². The van der Waals surface area contributed by atoms with E-state index in [1.54, 1.807) is 0 Å². The molecule has 3 unspecified atom stereocenters. The molecule has 0 aromatic carbocycles. The predicted octanol–water partition coefficient (Wildman–Crippen LogP) is 5.54. The molecular weight excluding hydrogens is 242 g/mol. The fraction of sp³-hybridized carbons (Fsp3) is 1.00. The van der Waals surface area contributed by atoms with Crippen LogP contribution in [0.15, 0.2) is 0 Å². The third-order valence-electron chi connectivity index (χ3n) is 5.76. The highest BCUT2D eigenvalue weighted by Crippen LogP contribution is 2.35. The molecule has 2 aliphatic carbocycles. The monoisotopic (exact) mass is 279 g/mol. The molecule has 0 aromatic rings. The molecule has 118 valence electrons. The first-order valence-electron chi connectivity index (χ1n) is 9.53. The molecule has 1 heteroatoms. The van der Waals surface area contributed by atoms with E-state index in [2.05, 4.69) is 19.2 Å². The third kappa shape index (κ3) is 5.39. The lowest BCUT2D eigenvalue weighted by Crippen LogP contribution is -2.40. The summed E-state index contributed by atoms with van der Waals surface area (Å²) in [4.78, 5) is 0. The first-order chi connectivity index (χ1) is 9.79. The second-order valence-corrected chi connectivity index (χ2v) is 7.69. The molecule has 0 aliphatic heterocycles. The van der Waals surface area contributed by atoms with Crippen LogP contribution in [0, 0.1) is 17.8 Å². The SMILES string of the molecule is CCCNC(CC1CCCCCC1)C1CCCC(C)C1. The van der Waals surface area contributed by atoms with Crippen molar-refractivity contribution in [3.8, 4) is 0 Å². The summed E-state index contributed by atoms with van der Waals surface area (Å²) in [6, 6.07) is 0.820. The number of nitrogens with one attached hydrogen (secondary N) is 1. The van der Waals surface area contributed by atoms with Crippen molar-refractivity contribution in [1.29, 1.82) is 0 Å². The Bertz CT molecular complexity index is 242. The molecular formula is C19H37N. The lowest BCUT2D eigenvalue weighted by molar-refractivity contribution is 0.194. The van der Waals surface area contributed by atoms with Crippen molar-refractivity contribution in [3.63, 3.8) is 0 Å². The van der Waals surface area contributed by atoms with E-state index in [4.69, 9.17) is 0 Å². The molecule has 3 atom stereocenters. The Morgan fingerprint density at radius 3 is 2.35 bits per heavy atom. The summed E-state index contributed by atoms with van der Waals surface area (Å²) in [5.74, 6) is 2.95. The van der Waals surface area contributed by atoms with E-state index < -0.39 is 0 Å². The molecule has 0 aromatic heterocycles. The van der Waals surface area contributed by atoms with E-state index in [1.807, 2.05) is 0 Å². The molecule has 0 heterocycles. The zero-order valence-corrected chi connectivity index (χ0v) is 14.0. The van der Waals surface area contributed by atoms with Gasteiger partial charge in [-0.3, -0.25) is 0 Å². The fourth-order valence-electron chi connectivity index (χ4n) is 4.58. The van der Waals surface area contributed by atoms with Crippen LogP contribution in [0.5, 0.6) is 0 Å². The maximum Gasteiger partial charge on any atom is 0.00980 e. The summed E-state index contributed by atoms with van der Waals surface area (Å²) in [5.41, 5.74) is 0. The van der Waals surface area contributed by atoms with Crippen molar-refractivity contribution in [2.75, 3.05) is 6.54 Å². The van der Waals surface area contributed by atoms with Crippen molar-refractivity contribution in [1.82, 2.24) is 5.32 Å². The van der Waals surface area contributed by atoms with Gasteiger partial charge in [0.25, 0.3) is 0 Å².